The third-order valence-corrected chi connectivity index (χ3v) is 11.7. The van der Waals surface area contributed by atoms with Crippen LogP contribution in [-0.2, 0) is 10.5 Å². The lowest BCUT2D eigenvalue weighted by atomic mass is 10.1. The van der Waals surface area contributed by atoms with Gasteiger partial charge >= 0.3 is 5.97 Å². The molecule has 0 aliphatic rings. The lowest BCUT2D eigenvalue weighted by molar-refractivity contribution is 0.0598. The molecule has 0 radical (unpaired) electrons. The summed E-state index contributed by atoms with van der Waals surface area (Å²) < 4.78 is 22.9. The van der Waals surface area contributed by atoms with Crippen molar-refractivity contribution in [2.45, 2.75) is 57.6 Å². The van der Waals surface area contributed by atoms with Gasteiger partial charge in [0.15, 0.2) is 5.82 Å². The number of carbonyl (C=O) groups is 1. The van der Waals surface area contributed by atoms with E-state index in [2.05, 4.69) is 59.9 Å². The third kappa shape index (κ3) is 6.06. The number of methoxy groups -OCH3 is 2. The first-order valence-electron chi connectivity index (χ1n) is 10.1. The van der Waals surface area contributed by atoms with E-state index in [1.807, 2.05) is 6.07 Å². The summed E-state index contributed by atoms with van der Waals surface area (Å²) in [6, 6.07) is 1.41. The maximum absolute atomic E-state index is 12.7. The van der Waals surface area contributed by atoms with Crippen LogP contribution in [0.25, 0.3) is 0 Å². The molecule has 0 fully saturated rings. The Morgan fingerprint density at radius 2 is 1.97 bits per heavy atom. The standard InChI is InChI=1S/C21H32BrN3O5SSi/c1-12-24-19(29-25-12)14(23)11-31-10-13-15(30-32(7,8)21(2,3)4)9-16(27-5)18(22)17(13)20(26)28-6/h9,14H,10-11,23H2,1-8H3/t14-/m0/s1. The summed E-state index contributed by atoms with van der Waals surface area (Å²) in [4.78, 5) is 16.9. The normalized spacial score (nSPS) is 13.1. The topological polar surface area (TPSA) is 110 Å². The number of aromatic nitrogens is 2. The van der Waals surface area contributed by atoms with Gasteiger partial charge in [0.1, 0.15) is 11.5 Å². The summed E-state index contributed by atoms with van der Waals surface area (Å²) in [6.07, 6.45) is 0. The molecular formula is C21H32BrN3O5SSi. The van der Waals surface area contributed by atoms with Gasteiger partial charge in [0.05, 0.1) is 30.3 Å². The number of hydrogen-bond donors (Lipinski definition) is 1. The highest BCUT2D eigenvalue weighted by atomic mass is 79.9. The zero-order valence-electron chi connectivity index (χ0n) is 19.9. The molecule has 0 saturated carbocycles. The second-order valence-corrected chi connectivity index (χ2v) is 15.4. The van der Waals surface area contributed by atoms with Crippen molar-refractivity contribution in [3.8, 4) is 11.5 Å². The Hall–Kier alpha value is -1.56. The Kier molecular flexibility index (Phi) is 8.82. The van der Waals surface area contributed by atoms with Gasteiger partial charge in [0.25, 0.3) is 0 Å². The van der Waals surface area contributed by atoms with Crippen molar-refractivity contribution in [1.29, 1.82) is 0 Å². The van der Waals surface area contributed by atoms with E-state index in [1.165, 1.54) is 7.11 Å². The third-order valence-electron chi connectivity index (χ3n) is 5.48. The maximum Gasteiger partial charge on any atom is 0.339 e. The first-order chi connectivity index (χ1) is 14.8. The monoisotopic (exact) mass is 545 g/mol. The number of ether oxygens (including phenoxy) is 2. The van der Waals surface area contributed by atoms with Crippen LogP contribution in [0.1, 0.15) is 54.4 Å². The summed E-state index contributed by atoms with van der Waals surface area (Å²) in [5.74, 6) is 2.57. The van der Waals surface area contributed by atoms with Crippen molar-refractivity contribution in [2.24, 2.45) is 5.73 Å². The van der Waals surface area contributed by atoms with Gasteiger partial charge in [-0.05, 0) is 41.0 Å². The predicted octanol–water partition coefficient (Wildman–Crippen LogP) is 5.25. The summed E-state index contributed by atoms with van der Waals surface area (Å²) >= 11 is 5.05. The highest BCUT2D eigenvalue weighted by molar-refractivity contribution is 9.10. The Bertz CT molecular complexity index is 962. The summed E-state index contributed by atoms with van der Waals surface area (Å²) in [6.45, 7) is 12.5. The molecule has 0 aliphatic heterocycles. The first-order valence-corrected chi connectivity index (χ1v) is 15.0. The predicted molar refractivity (Wildman–Crippen MR) is 132 cm³/mol. The molecule has 2 aromatic rings. The first kappa shape index (κ1) is 26.7. The van der Waals surface area contributed by atoms with Gasteiger partial charge in [-0.2, -0.15) is 16.7 Å². The number of nitrogens with two attached hydrogens (primary N) is 1. The largest absolute Gasteiger partial charge is 0.543 e. The Morgan fingerprint density at radius 3 is 2.47 bits per heavy atom. The fourth-order valence-electron chi connectivity index (χ4n) is 2.60. The van der Waals surface area contributed by atoms with E-state index in [-0.39, 0.29) is 5.04 Å². The summed E-state index contributed by atoms with van der Waals surface area (Å²) in [5, 5.41) is 3.76. The lowest BCUT2D eigenvalue weighted by Crippen LogP contribution is -2.44. The van der Waals surface area contributed by atoms with E-state index >= 15 is 0 Å². The molecule has 1 heterocycles. The number of rotatable bonds is 9. The molecular weight excluding hydrogens is 514 g/mol. The lowest BCUT2D eigenvalue weighted by Gasteiger charge is -2.37. The second-order valence-electron chi connectivity index (χ2n) is 8.90. The van der Waals surface area contributed by atoms with Gasteiger partial charge in [0, 0.05) is 23.1 Å². The molecule has 11 heteroatoms. The number of nitrogens with zero attached hydrogens (tertiary/aromatic N) is 2. The molecule has 0 amide bonds. The molecule has 8 nitrogen and oxygen atoms in total. The molecule has 1 atom stereocenters. The van der Waals surface area contributed by atoms with Gasteiger partial charge in [-0.25, -0.2) is 4.79 Å². The minimum absolute atomic E-state index is 0.0265. The van der Waals surface area contributed by atoms with Gasteiger partial charge < -0.3 is 24.2 Å². The van der Waals surface area contributed by atoms with E-state index in [0.29, 0.717) is 44.8 Å². The minimum Gasteiger partial charge on any atom is -0.543 e. The van der Waals surface area contributed by atoms with Gasteiger partial charge in [0.2, 0.25) is 14.2 Å². The van der Waals surface area contributed by atoms with Crippen LogP contribution in [0, 0.1) is 6.92 Å². The SMILES string of the molecule is COC(=O)c1c(Br)c(OC)cc(O[Si](C)(C)C(C)(C)C)c1CSC[C@H](N)c1nc(C)no1. The molecule has 1 aromatic heterocycles. The average Bonchev–Trinajstić information content (AvgIpc) is 3.14. The van der Waals surface area contributed by atoms with Crippen molar-refractivity contribution >= 4 is 42.0 Å². The molecule has 0 bridgehead atoms. The van der Waals surface area contributed by atoms with Crippen LogP contribution in [0.15, 0.2) is 15.1 Å². The minimum atomic E-state index is -2.20. The van der Waals surface area contributed by atoms with Crippen LogP contribution in [0.4, 0.5) is 0 Å². The molecule has 32 heavy (non-hydrogen) atoms. The quantitative estimate of drug-likeness (QED) is 0.333. The Labute approximate surface area is 203 Å². The van der Waals surface area contributed by atoms with Crippen molar-refractivity contribution in [2.75, 3.05) is 20.0 Å². The molecule has 2 N–H and O–H groups in total. The van der Waals surface area contributed by atoms with E-state index in [9.17, 15) is 4.79 Å². The van der Waals surface area contributed by atoms with Crippen LogP contribution in [0.2, 0.25) is 18.1 Å². The van der Waals surface area contributed by atoms with E-state index in [4.69, 9.17) is 24.2 Å². The number of benzene rings is 1. The van der Waals surface area contributed by atoms with Crippen molar-refractivity contribution in [3.63, 3.8) is 0 Å². The van der Waals surface area contributed by atoms with Crippen LogP contribution < -0.4 is 14.9 Å². The highest BCUT2D eigenvalue weighted by Gasteiger charge is 2.40. The van der Waals surface area contributed by atoms with Crippen LogP contribution in [0.3, 0.4) is 0 Å². The molecule has 0 spiro atoms. The zero-order chi connectivity index (χ0) is 24.3. The Balaban J connectivity index is 2.44. The number of esters is 1. The fourth-order valence-corrected chi connectivity index (χ4v) is 5.32. The summed E-state index contributed by atoms with van der Waals surface area (Å²) in [5.41, 5.74) is 7.32. The van der Waals surface area contributed by atoms with E-state index in [1.54, 1.807) is 25.8 Å². The van der Waals surface area contributed by atoms with Gasteiger partial charge in [-0.15, -0.1) is 0 Å². The van der Waals surface area contributed by atoms with Crippen LogP contribution >= 0.6 is 27.7 Å². The molecule has 1 aromatic carbocycles. The van der Waals surface area contributed by atoms with Crippen LogP contribution in [0.5, 0.6) is 11.5 Å². The number of halogens is 1. The van der Waals surface area contributed by atoms with Gasteiger partial charge in [-0.1, -0.05) is 25.9 Å². The molecule has 0 unspecified atom stereocenters. The smallest absolute Gasteiger partial charge is 0.339 e. The van der Waals surface area contributed by atoms with Crippen molar-refractivity contribution < 1.29 is 23.2 Å². The maximum atomic E-state index is 12.7. The number of hydrogen-bond acceptors (Lipinski definition) is 9. The number of thioether (sulfide) groups is 1. The zero-order valence-corrected chi connectivity index (χ0v) is 23.3. The van der Waals surface area contributed by atoms with Gasteiger partial charge in [-0.3, -0.25) is 0 Å². The van der Waals surface area contributed by atoms with E-state index in [0.717, 1.165) is 5.56 Å². The highest BCUT2D eigenvalue weighted by Crippen LogP contribution is 2.44. The van der Waals surface area contributed by atoms with Crippen molar-refractivity contribution in [3.05, 3.63) is 33.4 Å². The van der Waals surface area contributed by atoms with Crippen molar-refractivity contribution in [1.82, 2.24) is 10.1 Å². The molecule has 0 saturated heterocycles. The average molecular weight is 547 g/mol. The number of aryl methyl sites for hydroxylation is 1. The molecule has 2 rings (SSSR count). The fraction of sp³-hybridized carbons (Fsp3) is 0.571. The molecule has 0 aliphatic carbocycles. The second kappa shape index (κ2) is 10.6. The summed E-state index contributed by atoms with van der Waals surface area (Å²) in [7, 11) is 0.708. The number of carbonyl (C=O) groups excluding carboxylic acids is 1. The van der Waals surface area contributed by atoms with E-state index < -0.39 is 20.3 Å². The molecule has 178 valence electrons. The van der Waals surface area contributed by atoms with Crippen LogP contribution in [-0.4, -0.2) is 44.4 Å². The Morgan fingerprint density at radius 1 is 1.31 bits per heavy atom.